The maximum atomic E-state index is 13.3. The summed E-state index contributed by atoms with van der Waals surface area (Å²) < 4.78 is 0. The van der Waals surface area contributed by atoms with Crippen molar-refractivity contribution in [2.24, 2.45) is 52.3 Å². The van der Waals surface area contributed by atoms with E-state index >= 15 is 0 Å². The van der Waals surface area contributed by atoms with Gasteiger partial charge in [0.2, 0.25) is 0 Å². The zero-order chi connectivity index (χ0) is 25.4. The van der Waals surface area contributed by atoms with Crippen LogP contribution in [0.1, 0.15) is 86.5 Å². The molecule has 0 aromatic heterocycles. The number of hydrogen-bond donors (Lipinski definition) is 5. The first-order valence-corrected chi connectivity index (χ1v) is 13.6. The van der Waals surface area contributed by atoms with Crippen LogP contribution in [-0.4, -0.2) is 61.3 Å². The second kappa shape index (κ2) is 8.79. The van der Waals surface area contributed by atoms with E-state index in [4.69, 9.17) is 0 Å². The molecule has 0 heterocycles. The third-order valence-electron chi connectivity index (χ3n) is 11.7. The van der Waals surface area contributed by atoms with Crippen molar-refractivity contribution in [3.8, 4) is 0 Å². The van der Waals surface area contributed by atoms with E-state index in [-0.39, 0.29) is 40.3 Å². The topological polar surface area (TPSA) is 118 Å². The Labute approximate surface area is 205 Å². The van der Waals surface area contributed by atoms with Gasteiger partial charge < -0.3 is 25.5 Å². The summed E-state index contributed by atoms with van der Waals surface area (Å²) in [5, 5.41) is 53.1. The molecule has 6 heteroatoms. The number of aliphatic hydroxyl groups is 5. The van der Waals surface area contributed by atoms with Crippen molar-refractivity contribution in [3.63, 3.8) is 0 Å². The summed E-state index contributed by atoms with van der Waals surface area (Å²) in [6.45, 7) is 11.7. The maximum Gasteiger partial charge on any atom is 0.136 e. The molecule has 0 aromatic rings. The van der Waals surface area contributed by atoms with E-state index in [1.807, 2.05) is 6.92 Å². The minimum atomic E-state index is -1.08. The fourth-order valence-corrected chi connectivity index (χ4v) is 9.24. The van der Waals surface area contributed by atoms with Gasteiger partial charge in [0, 0.05) is 18.3 Å². The van der Waals surface area contributed by atoms with Crippen LogP contribution in [0.3, 0.4) is 0 Å². The van der Waals surface area contributed by atoms with Crippen LogP contribution in [-0.2, 0) is 4.79 Å². The lowest BCUT2D eigenvalue weighted by Gasteiger charge is -2.61. The van der Waals surface area contributed by atoms with Crippen LogP contribution in [0.15, 0.2) is 0 Å². The Kier molecular flexibility index (Phi) is 6.86. The Morgan fingerprint density at radius 1 is 0.941 bits per heavy atom. The van der Waals surface area contributed by atoms with Crippen molar-refractivity contribution in [3.05, 3.63) is 0 Å². The maximum absolute atomic E-state index is 13.3. The molecule has 6 nitrogen and oxygen atoms in total. The van der Waals surface area contributed by atoms with Crippen LogP contribution in [0.2, 0.25) is 0 Å². The molecule has 0 bridgehead atoms. The predicted molar refractivity (Wildman–Crippen MR) is 130 cm³/mol. The van der Waals surface area contributed by atoms with E-state index in [2.05, 4.69) is 13.8 Å². The van der Waals surface area contributed by atoms with E-state index < -0.39 is 35.9 Å². The Morgan fingerprint density at radius 2 is 1.56 bits per heavy atom. The summed E-state index contributed by atoms with van der Waals surface area (Å²) >= 11 is 0. The molecule has 5 N–H and O–H groups in total. The number of carbonyl (C=O) groups excluding carboxylic acids is 1. The van der Waals surface area contributed by atoms with Gasteiger partial charge in [-0.1, -0.05) is 27.7 Å². The number of fused-ring (bicyclic) bond motifs is 5. The number of ketones is 1. The molecule has 4 fully saturated rings. The van der Waals surface area contributed by atoms with Crippen molar-refractivity contribution in [2.45, 2.75) is 117 Å². The second-order valence-corrected chi connectivity index (χ2v) is 13.7. The molecule has 0 aromatic carbocycles. The van der Waals surface area contributed by atoms with E-state index in [0.717, 1.165) is 25.7 Å². The van der Waals surface area contributed by atoms with Crippen LogP contribution in [0, 0.1) is 52.3 Å². The Hall–Kier alpha value is -0.530. The van der Waals surface area contributed by atoms with Crippen LogP contribution < -0.4 is 0 Å². The quantitative estimate of drug-likeness (QED) is 0.413. The third-order valence-corrected chi connectivity index (χ3v) is 11.7. The highest BCUT2D eigenvalue weighted by molar-refractivity contribution is 5.83. The minimum absolute atomic E-state index is 0.00444. The molecule has 0 spiro atoms. The molecule has 4 saturated carbocycles. The molecule has 196 valence electrons. The number of aliphatic hydroxyl groups excluding tert-OH is 4. The minimum Gasteiger partial charge on any atom is -0.390 e. The van der Waals surface area contributed by atoms with Crippen molar-refractivity contribution >= 4 is 5.78 Å². The van der Waals surface area contributed by atoms with Crippen LogP contribution in [0.25, 0.3) is 0 Å². The van der Waals surface area contributed by atoms with E-state index in [1.165, 1.54) is 0 Å². The first kappa shape index (κ1) is 26.5. The van der Waals surface area contributed by atoms with E-state index in [9.17, 15) is 30.3 Å². The standard InChI is InChI=1S/C28H48O6/c1-14(24(32)25(33)15(2)26(3,4)34)17-7-8-18-16-11-21(29)20-12-22(30)23(31)13-28(20,6)19(16)9-10-27(17,18)5/h14-20,22-25,30-34H,7-13H2,1-6H3/t14-,15+,16-,17+,18-,19-,20+,22-,23+,24+,25+,27+,28+/m0/s1. The number of rotatable bonds is 5. The molecule has 0 unspecified atom stereocenters. The molecule has 34 heavy (non-hydrogen) atoms. The molecule has 4 aliphatic rings. The van der Waals surface area contributed by atoms with Gasteiger partial charge in [-0.2, -0.15) is 0 Å². The lowest BCUT2D eigenvalue weighted by atomic mass is 9.44. The average Bonchev–Trinajstić information content (AvgIpc) is 3.10. The van der Waals surface area contributed by atoms with Crippen molar-refractivity contribution < 1.29 is 30.3 Å². The molecule has 0 amide bonds. The summed E-state index contributed by atoms with van der Waals surface area (Å²) in [5.41, 5.74) is -1.34. The van der Waals surface area contributed by atoms with E-state index in [1.54, 1.807) is 20.8 Å². The molecule has 0 radical (unpaired) electrons. The van der Waals surface area contributed by atoms with Gasteiger partial charge in [0.15, 0.2) is 0 Å². The molecule has 0 saturated heterocycles. The first-order chi connectivity index (χ1) is 15.6. The van der Waals surface area contributed by atoms with Gasteiger partial charge in [0.25, 0.3) is 0 Å². The van der Waals surface area contributed by atoms with E-state index in [0.29, 0.717) is 31.1 Å². The monoisotopic (exact) mass is 480 g/mol. The van der Waals surface area contributed by atoms with Gasteiger partial charge in [-0.05, 0) is 92.8 Å². The molecule has 13 atom stereocenters. The van der Waals surface area contributed by atoms with Crippen molar-refractivity contribution in [1.82, 2.24) is 0 Å². The molecule has 4 rings (SSSR count). The predicted octanol–water partition coefficient (Wildman–Crippen LogP) is 2.92. The van der Waals surface area contributed by atoms with Crippen LogP contribution in [0.4, 0.5) is 0 Å². The largest absolute Gasteiger partial charge is 0.390 e. The first-order valence-electron chi connectivity index (χ1n) is 13.6. The highest BCUT2D eigenvalue weighted by Gasteiger charge is 2.63. The van der Waals surface area contributed by atoms with Gasteiger partial charge in [-0.25, -0.2) is 0 Å². The lowest BCUT2D eigenvalue weighted by Crippen LogP contribution is -2.59. The number of Topliss-reactive ketones (excluding diaryl/α,β-unsaturated/α-hetero) is 1. The molecular formula is C28H48O6. The van der Waals surface area contributed by atoms with Crippen LogP contribution in [0.5, 0.6) is 0 Å². The Bertz CT molecular complexity index is 777. The van der Waals surface area contributed by atoms with Gasteiger partial charge >= 0.3 is 0 Å². The zero-order valence-electron chi connectivity index (χ0n) is 21.9. The van der Waals surface area contributed by atoms with Gasteiger partial charge in [0.05, 0.1) is 30.0 Å². The smallest absolute Gasteiger partial charge is 0.136 e. The molecule has 0 aliphatic heterocycles. The second-order valence-electron chi connectivity index (χ2n) is 13.7. The lowest BCUT2D eigenvalue weighted by molar-refractivity contribution is -0.175. The van der Waals surface area contributed by atoms with Crippen molar-refractivity contribution in [1.29, 1.82) is 0 Å². The summed E-state index contributed by atoms with van der Waals surface area (Å²) in [6, 6.07) is 0. The normalized spacial score (nSPS) is 48.3. The Balaban J connectivity index is 1.55. The summed E-state index contributed by atoms with van der Waals surface area (Å²) in [6.07, 6.45) is 1.99. The highest BCUT2D eigenvalue weighted by Crippen LogP contribution is 2.67. The SMILES string of the molecule is C[C@H]([C@@H](O)[C@H](O)[C@@H](C)C(C)(C)O)[C@H]1CC[C@H]2[C@@H]3CC(=O)[C@H]4C[C@H](O)[C@H](O)C[C@]4(C)[C@H]3CC[C@]12C. The third kappa shape index (κ3) is 4.00. The Morgan fingerprint density at radius 3 is 2.18 bits per heavy atom. The van der Waals surface area contributed by atoms with Gasteiger partial charge in [0.1, 0.15) is 5.78 Å². The zero-order valence-corrected chi connectivity index (χ0v) is 21.9. The number of carbonyl (C=O) groups is 1. The molecule has 4 aliphatic carbocycles. The highest BCUT2D eigenvalue weighted by atomic mass is 16.3. The summed E-state index contributed by atoms with van der Waals surface area (Å²) in [5.74, 6) is 0.821. The number of hydrogen-bond acceptors (Lipinski definition) is 6. The fraction of sp³-hybridized carbons (Fsp3) is 0.964. The average molecular weight is 481 g/mol. The summed E-state index contributed by atoms with van der Waals surface area (Å²) in [4.78, 5) is 13.3. The van der Waals surface area contributed by atoms with Gasteiger partial charge in [-0.3, -0.25) is 4.79 Å². The fourth-order valence-electron chi connectivity index (χ4n) is 9.24. The molecular weight excluding hydrogens is 432 g/mol. The summed E-state index contributed by atoms with van der Waals surface area (Å²) in [7, 11) is 0. The van der Waals surface area contributed by atoms with Crippen molar-refractivity contribution in [2.75, 3.05) is 0 Å². The van der Waals surface area contributed by atoms with Gasteiger partial charge in [-0.15, -0.1) is 0 Å². The van der Waals surface area contributed by atoms with Crippen LogP contribution >= 0.6 is 0 Å².